The summed E-state index contributed by atoms with van der Waals surface area (Å²) in [6.45, 7) is 8.55. The summed E-state index contributed by atoms with van der Waals surface area (Å²) in [4.78, 5) is 5.76. The third-order valence-electron chi connectivity index (χ3n) is 2.27. The van der Waals surface area contributed by atoms with E-state index in [4.69, 9.17) is 0 Å². The number of aromatic nitrogens is 3. The lowest BCUT2D eigenvalue weighted by atomic mass is 9.98. The summed E-state index contributed by atoms with van der Waals surface area (Å²) in [6, 6.07) is 0. The predicted molar refractivity (Wildman–Crippen MR) is 74.0 cm³/mol. The van der Waals surface area contributed by atoms with E-state index in [2.05, 4.69) is 41.3 Å². The van der Waals surface area contributed by atoms with Gasteiger partial charge in [-0.2, -0.15) is 0 Å². The number of aryl methyl sites for hydroxylation is 1. The smallest absolute Gasteiger partial charge is 0.205 e. The van der Waals surface area contributed by atoms with Crippen LogP contribution in [0.4, 0.5) is 5.13 Å². The van der Waals surface area contributed by atoms with Gasteiger partial charge in [0.15, 0.2) is 5.01 Å². The van der Waals surface area contributed by atoms with Gasteiger partial charge in [0.25, 0.3) is 0 Å². The fraction of sp³-hybridized carbons (Fsp3) is 0.545. The monoisotopic (exact) mass is 268 g/mol. The molecule has 0 unspecified atom stereocenters. The highest BCUT2D eigenvalue weighted by atomic mass is 32.1. The first-order valence-corrected chi connectivity index (χ1v) is 7.04. The largest absolute Gasteiger partial charge is 0.363 e. The lowest BCUT2D eigenvalue weighted by Crippen LogP contribution is -2.10. The van der Waals surface area contributed by atoms with Crippen molar-refractivity contribution in [1.82, 2.24) is 15.2 Å². The summed E-state index contributed by atoms with van der Waals surface area (Å²) in [6.07, 6.45) is 0. The molecule has 0 radical (unpaired) electrons. The molecule has 0 aliphatic carbocycles. The average molecular weight is 268 g/mol. The van der Waals surface area contributed by atoms with Crippen molar-refractivity contribution in [2.45, 2.75) is 33.1 Å². The predicted octanol–water partition coefficient (Wildman–Crippen LogP) is 3.31. The summed E-state index contributed by atoms with van der Waals surface area (Å²) >= 11 is 3.27. The van der Waals surface area contributed by atoms with Crippen molar-refractivity contribution in [3.05, 3.63) is 10.7 Å². The molecule has 0 spiro atoms. The lowest BCUT2D eigenvalue weighted by molar-refractivity contribution is 0.584. The van der Waals surface area contributed by atoms with Crippen LogP contribution < -0.4 is 5.32 Å². The van der Waals surface area contributed by atoms with E-state index in [1.807, 2.05) is 14.0 Å². The minimum Gasteiger partial charge on any atom is -0.363 e. The van der Waals surface area contributed by atoms with Gasteiger partial charge < -0.3 is 5.32 Å². The molecule has 0 bridgehead atoms. The molecule has 2 rings (SSSR count). The molecule has 6 heteroatoms. The second-order valence-corrected chi connectivity index (χ2v) is 6.82. The number of thiazole rings is 1. The van der Waals surface area contributed by atoms with E-state index in [9.17, 15) is 0 Å². The second kappa shape index (κ2) is 4.34. The zero-order valence-electron chi connectivity index (χ0n) is 10.7. The van der Waals surface area contributed by atoms with Crippen LogP contribution in [0, 0.1) is 6.92 Å². The fourth-order valence-electron chi connectivity index (χ4n) is 1.33. The zero-order chi connectivity index (χ0) is 12.6. The van der Waals surface area contributed by atoms with Crippen LogP contribution >= 0.6 is 22.7 Å². The van der Waals surface area contributed by atoms with E-state index in [0.29, 0.717) is 0 Å². The number of rotatable bonds is 2. The summed E-state index contributed by atoms with van der Waals surface area (Å²) in [5.41, 5.74) is 1.13. The molecular weight excluding hydrogens is 252 g/mol. The van der Waals surface area contributed by atoms with Crippen molar-refractivity contribution < 1.29 is 0 Å². The molecule has 4 nitrogen and oxygen atoms in total. The van der Waals surface area contributed by atoms with Gasteiger partial charge in [-0.15, -0.1) is 21.5 Å². The molecule has 0 amide bonds. The molecule has 0 saturated heterocycles. The van der Waals surface area contributed by atoms with Crippen molar-refractivity contribution in [1.29, 1.82) is 0 Å². The fourth-order valence-corrected chi connectivity index (χ4v) is 3.27. The lowest BCUT2D eigenvalue weighted by Gasteiger charge is -2.13. The van der Waals surface area contributed by atoms with Crippen LogP contribution in [0.15, 0.2) is 0 Å². The highest BCUT2D eigenvalue weighted by Crippen LogP contribution is 2.37. The van der Waals surface area contributed by atoms with Crippen molar-refractivity contribution in [2.24, 2.45) is 0 Å². The van der Waals surface area contributed by atoms with Gasteiger partial charge in [-0.05, 0) is 6.92 Å². The maximum absolute atomic E-state index is 4.63. The van der Waals surface area contributed by atoms with Crippen LogP contribution in [-0.4, -0.2) is 22.2 Å². The van der Waals surface area contributed by atoms with Crippen LogP contribution in [0.5, 0.6) is 0 Å². The van der Waals surface area contributed by atoms with Gasteiger partial charge in [0.1, 0.15) is 0 Å². The highest BCUT2D eigenvalue weighted by molar-refractivity contribution is 7.23. The molecule has 2 heterocycles. The Morgan fingerprint density at radius 3 is 2.29 bits per heavy atom. The van der Waals surface area contributed by atoms with Gasteiger partial charge in [0.2, 0.25) is 5.13 Å². The Morgan fingerprint density at radius 2 is 1.82 bits per heavy atom. The first kappa shape index (κ1) is 12.4. The third-order valence-corrected chi connectivity index (χ3v) is 4.95. The maximum atomic E-state index is 4.63. The topological polar surface area (TPSA) is 50.7 Å². The molecule has 0 aromatic carbocycles. The average Bonchev–Trinajstić information content (AvgIpc) is 2.82. The number of anilines is 1. The Hall–Kier alpha value is -1.01. The minimum atomic E-state index is 0.0875. The Morgan fingerprint density at radius 1 is 1.12 bits per heavy atom. The quantitative estimate of drug-likeness (QED) is 0.908. The molecule has 0 saturated carbocycles. The van der Waals surface area contributed by atoms with Crippen molar-refractivity contribution >= 4 is 27.8 Å². The Balaban J connectivity index is 2.42. The van der Waals surface area contributed by atoms with Crippen LogP contribution in [0.2, 0.25) is 0 Å². The van der Waals surface area contributed by atoms with Crippen LogP contribution in [-0.2, 0) is 5.41 Å². The molecule has 0 aliphatic rings. The van der Waals surface area contributed by atoms with E-state index in [1.54, 1.807) is 22.7 Å². The minimum absolute atomic E-state index is 0.0875. The Labute approximate surface area is 109 Å². The Kier molecular flexibility index (Phi) is 3.18. The van der Waals surface area contributed by atoms with Gasteiger partial charge in [-0.1, -0.05) is 32.1 Å². The first-order valence-electron chi connectivity index (χ1n) is 5.41. The van der Waals surface area contributed by atoms with Crippen molar-refractivity contribution in [2.75, 3.05) is 12.4 Å². The summed E-state index contributed by atoms with van der Waals surface area (Å²) in [5.74, 6) is 0. The summed E-state index contributed by atoms with van der Waals surface area (Å²) < 4.78 is 0. The third kappa shape index (κ3) is 2.47. The van der Waals surface area contributed by atoms with Crippen molar-refractivity contribution in [3.63, 3.8) is 0 Å². The number of hydrogen-bond acceptors (Lipinski definition) is 6. The van der Waals surface area contributed by atoms with Gasteiger partial charge in [0, 0.05) is 12.5 Å². The number of hydrogen-bond donors (Lipinski definition) is 1. The molecule has 1 N–H and O–H groups in total. The standard InChI is InChI=1S/C11H16N4S2/c1-6-7(8-14-15-10(12-5)17-8)16-9(13-6)11(2,3)4/h1-5H3,(H,12,15). The number of nitrogens with one attached hydrogen (secondary N) is 1. The molecule has 17 heavy (non-hydrogen) atoms. The molecule has 0 fully saturated rings. The summed E-state index contributed by atoms with van der Waals surface area (Å²) in [5, 5.41) is 14.2. The van der Waals surface area contributed by atoms with E-state index in [1.165, 1.54) is 0 Å². The molecule has 2 aromatic rings. The van der Waals surface area contributed by atoms with Gasteiger partial charge >= 0.3 is 0 Å². The van der Waals surface area contributed by atoms with E-state index >= 15 is 0 Å². The van der Waals surface area contributed by atoms with Crippen LogP contribution in [0.1, 0.15) is 31.5 Å². The zero-order valence-corrected chi connectivity index (χ0v) is 12.3. The molecule has 0 atom stereocenters. The van der Waals surface area contributed by atoms with Gasteiger partial charge in [-0.25, -0.2) is 4.98 Å². The van der Waals surface area contributed by atoms with Crippen molar-refractivity contribution in [3.8, 4) is 9.88 Å². The van der Waals surface area contributed by atoms with Gasteiger partial charge in [0.05, 0.1) is 15.6 Å². The van der Waals surface area contributed by atoms with E-state index in [-0.39, 0.29) is 5.41 Å². The first-order chi connectivity index (χ1) is 7.91. The van der Waals surface area contributed by atoms with E-state index < -0.39 is 0 Å². The molecule has 92 valence electrons. The molecule has 0 aliphatic heterocycles. The maximum Gasteiger partial charge on any atom is 0.205 e. The molecular formula is C11H16N4S2. The Bertz CT molecular complexity index is 522. The summed E-state index contributed by atoms with van der Waals surface area (Å²) in [7, 11) is 1.85. The van der Waals surface area contributed by atoms with Crippen LogP contribution in [0.3, 0.4) is 0 Å². The second-order valence-electron chi connectivity index (χ2n) is 4.85. The number of nitrogens with zero attached hydrogens (tertiary/aromatic N) is 3. The SMILES string of the molecule is CNc1nnc(-c2sc(C(C)(C)C)nc2C)s1. The van der Waals surface area contributed by atoms with E-state index in [0.717, 1.165) is 25.7 Å². The normalized spacial score (nSPS) is 11.8. The van der Waals surface area contributed by atoms with Crippen LogP contribution in [0.25, 0.3) is 9.88 Å². The molecule has 2 aromatic heterocycles. The highest BCUT2D eigenvalue weighted by Gasteiger charge is 2.22. The van der Waals surface area contributed by atoms with Gasteiger partial charge in [-0.3, -0.25) is 0 Å².